The topological polar surface area (TPSA) is 66.8 Å². The summed E-state index contributed by atoms with van der Waals surface area (Å²) in [4.78, 5) is 11.5. The fraction of sp³-hybridized carbons (Fsp3) is 0.667. The maximum absolute atomic E-state index is 11.5. The van der Waals surface area contributed by atoms with Gasteiger partial charge in [-0.25, -0.2) is 0 Å². The molecule has 0 aromatic carbocycles. The lowest BCUT2D eigenvalue weighted by Gasteiger charge is -2.12. The second kappa shape index (κ2) is 13.9. The number of esters is 1. The third kappa shape index (κ3) is 11.0. The van der Waals surface area contributed by atoms with E-state index < -0.39 is 6.10 Å². The lowest BCUT2D eigenvalue weighted by Crippen LogP contribution is -2.25. The van der Waals surface area contributed by atoms with Crippen molar-refractivity contribution in [1.82, 2.24) is 0 Å². The molecule has 1 aliphatic rings. The lowest BCUT2D eigenvalue weighted by molar-refractivity contribution is -0.153. The Morgan fingerprint density at radius 1 is 1.04 bits per heavy atom. The second-order valence-electron chi connectivity index (χ2n) is 6.53. The van der Waals surface area contributed by atoms with Crippen LogP contribution in [0.3, 0.4) is 0 Å². The highest BCUT2D eigenvalue weighted by Gasteiger charge is 2.18. The van der Waals surface area contributed by atoms with E-state index in [0.717, 1.165) is 38.5 Å². The minimum atomic E-state index is -0.774. The van der Waals surface area contributed by atoms with Crippen LogP contribution < -0.4 is 0 Å². The maximum atomic E-state index is 11.5. The van der Waals surface area contributed by atoms with Crippen LogP contribution in [0.2, 0.25) is 0 Å². The number of unbranched alkanes of at least 4 members (excludes halogenated alkanes) is 5. The average Bonchev–Trinajstić information content (AvgIpc) is 3.37. The molecule has 0 saturated heterocycles. The Kier molecular flexibility index (Phi) is 12.0. The van der Waals surface area contributed by atoms with Crippen LogP contribution in [0.4, 0.5) is 0 Å². The van der Waals surface area contributed by atoms with Crippen molar-refractivity contribution in [2.45, 2.75) is 77.2 Å². The fourth-order valence-corrected chi connectivity index (χ4v) is 2.64. The smallest absolute Gasteiger partial charge is 0.306 e. The number of aliphatic hydroxyl groups excluding tert-OH is 2. The van der Waals surface area contributed by atoms with Crippen LogP contribution in [-0.4, -0.2) is 35.5 Å². The zero-order valence-corrected chi connectivity index (χ0v) is 15.6. The highest BCUT2D eigenvalue weighted by molar-refractivity contribution is 5.69. The van der Waals surface area contributed by atoms with E-state index in [2.05, 4.69) is 31.2 Å². The third-order valence-corrected chi connectivity index (χ3v) is 4.25. The van der Waals surface area contributed by atoms with Gasteiger partial charge in [0.15, 0.2) is 0 Å². The van der Waals surface area contributed by atoms with E-state index in [1.165, 1.54) is 30.4 Å². The molecule has 0 heterocycles. The Morgan fingerprint density at radius 2 is 1.72 bits per heavy atom. The number of aliphatic hydroxyl groups is 2. The SMILES string of the molecule is CC/C=C\C/C=C1/C/C1=C/CCCCCCCC(=O)OC(CO)CO. The van der Waals surface area contributed by atoms with Crippen LogP contribution in [-0.2, 0) is 9.53 Å². The summed E-state index contributed by atoms with van der Waals surface area (Å²) >= 11 is 0. The highest BCUT2D eigenvalue weighted by atomic mass is 16.6. The van der Waals surface area contributed by atoms with Gasteiger partial charge < -0.3 is 14.9 Å². The highest BCUT2D eigenvalue weighted by Crippen LogP contribution is 2.37. The molecule has 1 fully saturated rings. The van der Waals surface area contributed by atoms with Crippen LogP contribution in [0, 0.1) is 0 Å². The van der Waals surface area contributed by atoms with Crippen LogP contribution in [0.1, 0.15) is 71.1 Å². The monoisotopic (exact) mass is 350 g/mol. The Labute approximate surface area is 152 Å². The van der Waals surface area contributed by atoms with E-state index in [4.69, 9.17) is 14.9 Å². The molecule has 0 radical (unpaired) electrons. The molecule has 1 saturated carbocycles. The summed E-state index contributed by atoms with van der Waals surface area (Å²) < 4.78 is 4.92. The first-order chi connectivity index (χ1) is 12.2. The van der Waals surface area contributed by atoms with E-state index in [1.807, 2.05) is 0 Å². The number of hydrogen-bond donors (Lipinski definition) is 2. The molecule has 0 aromatic rings. The number of allylic oxidation sites excluding steroid dienone is 6. The Bertz CT molecular complexity index is 459. The van der Waals surface area contributed by atoms with E-state index in [0.29, 0.717) is 6.42 Å². The van der Waals surface area contributed by atoms with Gasteiger partial charge in [0, 0.05) is 6.42 Å². The van der Waals surface area contributed by atoms with Crippen LogP contribution in [0.15, 0.2) is 35.5 Å². The van der Waals surface area contributed by atoms with Crippen molar-refractivity contribution in [3.8, 4) is 0 Å². The Hall–Kier alpha value is -1.39. The normalized spacial score (nSPS) is 17.1. The van der Waals surface area contributed by atoms with Gasteiger partial charge in [-0.2, -0.15) is 0 Å². The first kappa shape index (κ1) is 21.7. The van der Waals surface area contributed by atoms with Crippen LogP contribution >= 0.6 is 0 Å². The summed E-state index contributed by atoms with van der Waals surface area (Å²) in [6, 6.07) is 0. The van der Waals surface area contributed by atoms with Gasteiger partial charge in [-0.1, -0.05) is 50.5 Å². The van der Waals surface area contributed by atoms with Crippen molar-refractivity contribution in [2.24, 2.45) is 0 Å². The van der Waals surface area contributed by atoms with Crippen molar-refractivity contribution in [3.63, 3.8) is 0 Å². The van der Waals surface area contributed by atoms with E-state index in [1.54, 1.807) is 0 Å². The number of ether oxygens (including phenoxy) is 1. The maximum Gasteiger partial charge on any atom is 0.306 e. The van der Waals surface area contributed by atoms with E-state index >= 15 is 0 Å². The molecule has 1 rings (SSSR count). The summed E-state index contributed by atoms with van der Waals surface area (Å²) in [6.45, 7) is 1.50. The number of carbonyl (C=O) groups excluding carboxylic acids is 1. The molecule has 4 nitrogen and oxygen atoms in total. The third-order valence-electron chi connectivity index (χ3n) is 4.25. The van der Waals surface area contributed by atoms with Gasteiger partial charge in [0.25, 0.3) is 0 Å². The van der Waals surface area contributed by atoms with Gasteiger partial charge in [0.2, 0.25) is 0 Å². The van der Waals surface area contributed by atoms with Gasteiger partial charge in [-0.05, 0) is 49.7 Å². The first-order valence-corrected chi connectivity index (χ1v) is 9.65. The Balaban J connectivity index is 1.95. The molecule has 1 aliphatic carbocycles. The average molecular weight is 350 g/mol. The minimum Gasteiger partial charge on any atom is -0.457 e. The number of hydrogen-bond acceptors (Lipinski definition) is 4. The predicted octanol–water partition coefficient (Wildman–Crippen LogP) is 4.23. The summed E-state index contributed by atoms with van der Waals surface area (Å²) in [5, 5.41) is 17.7. The van der Waals surface area contributed by atoms with Crippen LogP contribution in [0.25, 0.3) is 0 Å². The second-order valence-corrected chi connectivity index (χ2v) is 6.53. The molecule has 0 bridgehead atoms. The predicted molar refractivity (Wildman–Crippen MR) is 101 cm³/mol. The zero-order valence-electron chi connectivity index (χ0n) is 15.6. The Morgan fingerprint density at radius 3 is 2.44 bits per heavy atom. The quantitative estimate of drug-likeness (QED) is 0.279. The van der Waals surface area contributed by atoms with Gasteiger partial charge >= 0.3 is 5.97 Å². The molecular weight excluding hydrogens is 316 g/mol. The van der Waals surface area contributed by atoms with Crippen molar-refractivity contribution in [2.75, 3.05) is 13.2 Å². The molecule has 2 N–H and O–H groups in total. The molecule has 0 amide bonds. The molecule has 0 aromatic heterocycles. The molecule has 142 valence electrons. The van der Waals surface area contributed by atoms with Crippen molar-refractivity contribution >= 4 is 5.97 Å². The number of rotatable bonds is 14. The largest absolute Gasteiger partial charge is 0.457 e. The zero-order chi connectivity index (χ0) is 18.3. The minimum absolute atomic E-state index is 0.329. The van der Waals surface area contributed by atoms with Gasteiger partial charge in [-0.3, -0.25) is 4.79 Å². The molecule has 25 heavy (non-hydrogen) atoms. The lowest BCUT2D eigenvalue weighted by atomic mass is 10.1. The molecule has 0 atom stereocenters. The standard InChI is InChI=1S/C21H34O4/c1-2-3-4-9-12-18-15-19(18)13-10-7-5-6-8-11-14-21(24)25-20(16-22)17-23/h3-4,12-13,20,22-23H,2,5-11,14-17H2,1H3/b4-3-,18-12-,19-13-. The van der Waals surface area contributed by atoms with Crippen LogP contribution in [0.5, 0.6) is 0 Å². The summed E-state index contributed by atoms with van der Waals surface area (Å²) in [6.07, 6.45) is 18.6. The summed E-state index contributed by atoms with van der Waals surface area (Å²) in [5.41, 5.74) is 3.04. The van der Waals surface area contributed by atoms with Crippen molar-refractivity contribution in [3.05, 3.63) is 35.5 Å². The first-order valence-electron chi connectivity index (χ1n) is 9.65. The van der Waals surface area contributed by atoms with E-state index in [9.17, 15) is 4.79 Å². The molecule has 0 aliphatic heterocycles. The molecule has 4 heteroatoms. The fourth-order valence-electron chi connectivity index (χ4n) is 2.64. The van der Waals surface area contributed by atoms with Crippen molar-refractivity contribution < 1.29 is 19.7 Å². The van der Waals surface area contributed by atoms with Crippen molar-refractivity contribution in [1.29, 1.82) is 0 Å². The molecular formula is C21H34O4. The summed E-state index contributed by atoms with van der Waals surface area (Å²) in [7, 11) is 0. The van der Waals surface area contributed by atoms with E-state index in [-0.39, 0.29) is 19.2 Å². The molecule has 0 unspecified atom stereocenters. The van der Waals surface area contributed by atoms with Gasteiger partial charge in [0.05, 0.1) is 13.2 Å². The van der Waals surface area contributed by atoms with Gasteiger partial charge in [-0.15, -0.1) is 0 Å². The number of carbonyl (C=O) groups is 1. The van der Waals surface area contributed by atoms with Gasteiger partial charge in [0.1, 0.15) is 6.10 Å². The summed E-state index contributed by atoms with van der Waals surface area (Å²) in [5.74, 6) is -0.334. The molecule has 0 spiro atoms.